The van der Waals surface area contributed by atoms with Gasteiger partial charge >= 0.3 is 0 Å². The maximum absolute atomic E-state index is 13.4. The van der Waals surface area contributed by atoms with Gasteiger partial charge < -0.3 is 9.30 Å². The molecule has 0 aromatic carbocycles. The standard InChI is InChI=1S/C20H21F2N3O/c1-26-19-3-2-15(11-24-19)16-10-18-17(23-12-16)6-9-25(18)13-14-4-7-20(21,22)8-5-14/h2-3,6,9-12,14H,4-5,7-8,13H2,1H3. The highest BCUT2D eigenvalue weighted by Crippen LogP contribution is 2.37. The van der Waals surface area contributed by atoms with E-state index in [4.69, 9.17) is 4.74 Å². The van der Waals surface area contributed by atoms with Gasteiger partial charge in [0, 0.05) is 55.2 Å². The van der Waals surface area contributed by atoms with E-state index in [9.17, 15) is 8.78 Å². The van der Waals surface area contributed by atoms with Gasteiger partial charge in [-0.2, -0.15) is 0 Å². The lowest BCUT2D eigenvalue weighted by Gasteiger charge is -2.28. The van der Waals surface area contributed by atoms with Gasteiger partial charge in [0.2, 0.25) is 11.8 Å². The van der Waals surface area contributed by atoms with Crippen molar-refractivity contribution < 1.29 is 13.5 Å². The smallest absolute Gasteiger partial charge is 0.248 e. The highest BCUT2D eigenvalue weighted by molar-refractivity contribution is 5.81. The minimum Gasteiger partial charge on any atom is -0.481 e. The first-order chi connectivity index (χ1) is 12.5. The van der Waals surface area contributed by atoms with Crippen molar-refractivity contribution in [3.05, 3.63) is 42.9 Å². The second-order valence-electron chi connectivity index (χ2n) is 6.99. The molecule has 0 aliphatic heterocycles. The van der Waals surface area contributed by atoms with Gasteiger partial charge in [0.25, 0.3) is 0 Å². The third-order valence-electron chi connectivity index (χ3n) is 5.19. The number of halogens is 2. The van der Waals surface area contributed by atoms with E-state index < -0.39 is 5.92 Å². The van der Waals surface area contributed by atoms with Crippen LogP contribution in [0.15, 0.2) is 42.9 Å². The summed E-state index contributed by atoms with van der Waals surface area (Å²) in [5, 5.41) is 0. The summed E-state index contributed by atoms with van der Waals surface area (Å²) in [4.78, 5) is 8.78. The predicted octanol–water partition coefficient (Wildman–Crippen LogP) is 4.93. The third-order valence-corrected chi connectivity index (χ3v) is 5.19. The lowest BCUT2D eigenvalue weighted by molar-refractivity contribution is -0.0472. The van der Waals surface area contributed by atoms with Gasteiger partial charge in [-0.3, -0.25) is 4.98 Å². The zero-order valence-electron chi connectivity index (χ0n) is 14.7. The van der Waals surface area contributed by atoms with E-state index >= 15 is 0 Å². The van der Waals surface area contributed by atoms with Crippen LogP contribution in [0.25, 0.3) is 22.2 Å². The van der Waals surface area contributed by atoms with Gasteiger partial charge in [0.05, 0.1) is 18.1 Å². The fourth-order valence-electron chi connectivity index (χ4n) is 3.61. The van der Waals surface area contributed by atoms with E-state index in [1.165, 1.54) is 0 Å². The molecule has 0 amide bonds. The van der Waals surface area contributed by atoms with Gasteiger partial charge in [0.1, 0.15) is 0 Å². The lowest BCUT2D eigenvalue weighted by Crippen LogP contribution is -2.26. The van der Waals surface area contributed by atoms with Crippen molar-refractivity contribution in [2.24, 2.45) is 5.92 Å². The molecule has 1 aliphatic carbocycles. The maximum atomic E-state index is 13.4. The van der Waals surface area contributed by atoms with Crippen LogP contribution in [-0.2, 0) is 6.54 Å². The first kappa shape index (κ1) is 16.9. The average molecular weight is 357 g/mol. The summed E-state index contributed by atoms with van der Waals surface area (Å²) >= 11 is 0. The van der Waals surface area contributed by atoms with Crippen molar-refractivity contribution in [3.63, 3.8) is 0 Å². The molecule has 1 aliphatic rings. The number of ether oxygens (including phenoxy) is 1. The maximum Gasteiger partial charge on any atom is 0.248 e. The third kappa shape index (κ3) is 3.41. The second kappa shape index (κ2) is 6.67. The van der Waals surface area contributed by atoms with Crippen molar-refractivity contribution in [2.45, 2.75) is 38.2 Å². The Hall–Kier alpha value is -2.50. The number of fused-ring (bicyclic) bond motifs is 1. The molecule has 0 spiro atoms. The largest absolute Gasteiger partial charge is 0.481 e. The Labute approximate surface area is 150 Å². The molecule has 1 saturated carbocycles. The quantitative estimate of drug-likeness (QED) is 0.664. The fraction of sp³-hybridized carbons (Fsp3) is 0.400. The number of pyridine rings is 2. The monoisotopic (exact) mass is 357 g/mol. The Kier molecular flexibility index (Phi) is 4.34. The molecule has 0 saturated heterocycles. The van der Waals surface area contributed by atoms with Crippen molar-refractivity contribution in [3.8, 4) is 17.0 Å². The number of aromatic nitrogens is 3. The predicted molar refractivity (Wildman–Crippen MR) is 96.4 cm³/mol. The number of methoxy groups -OCH3 is 1. The zero-order valence-corrected chi connectivity index (χ0v) is 14.7. The molecule has 0 radical (unpaired) electrons. The summed E-state index contributed by atoms with van der Waals surface area (Å²) in [7, 11) is 1.59. The van der Waals surface area contributed by atoms with Crippen molar-refractivity contribution in [1.82, 2.24) is 14.5 Å². The van der Waals surface area contributed by atoms with Crippen molar-refractivity contribution in [2.75, 3.05) is 7.11 Å². The minimum atomic E-state index is -2.48. The molecule has 0 N–H and O–H groups in total. The zero-order chi connectivity index (χ0) is 18.1. The highest BCUT2D eigenvalue weighted by Gasteiger charge is 2.34. The van der Waals surface area contributed by atoms with Crippen molar-refractivity contribution in [1.29, 1.82) is 0 Å². The average Bonchev–Trinajstić information content (AvgIpc) is 3.05. The SMILES string of the molecule is COc1ccc(-c2cnc3ccn(CC4CCC(F)(F)CC4)c3c2)cn1. The Morgan fingerprint density at radius 3 is 2.58 bits per heavy atom. The first-order valence-corrected chi connectivity index (χ1v) is 8.87. The molecule has 3 heterocycles. The number of rotatable bonds is 4. The molecule has 4 nitrogen and oxygen atoms in total. The van der Waals surface area contributed by atoms with Crippen LogP contribution in [0.1, 0.15) is 25.7 Å². The van der Waals surface area contributed by atoms with Crippen LogP contribution in [0.4, 0.5) is 8.78 Å². The summed E-state index contributed by atoms with van der Waals surface area (Å²) in [6, 6.07) is 7.83. The first-order valence-electron chi connectivity index (χ1n) is 8.87. The van der Waals surface area contributed by atoms with Gasteiger partial charge in [0.15, 0.2) is 0 Å². The topological polar surface area (TPSA) is 39.9 Å². The molecule has 4 rings (SSSR count). The van der Waals surface area contributed by atoms with Crippen LogP contribution in [0.3, 0.4) is 0 Å². The van der Waals surface area contributed by atoms with Crippen LogP contribution in [-0.4, -0.2) is 27.6 Å². The van der Waals surface area contributed by atoms with E-state index in [0.29, 0.717) is 18.7 Å². The van der Waals surface area contributed by atoms with Crippen molar-refractivity contribution >= 4 is 11.0 Å². The minimum absolute atomic E-state index is 0.00210. The molecule has 3 aromatic heterocycles. The van der Waals surface area contributed by atoms with Gasteiger partial charge in [-0.05, 0) is 37.0 Å². The number of nitrogens with zero attached hydrogens (tertiary/aromatic N) is 3. The van der Waals surface area contributed by atoms with Crippen LogP contribution in [0.2, 0.25) is 0 Å². The van der Waals surface area contributed by atoms with Crippen LogP contribution < -0.4 is 4.74 Å². The molecule has 3 aromatic rings. The van der Waals surface area contributed by atoms with Crippen LogP contribution in [0, 0.1) is 5.92 Å². The summed E-state index contributed by atoms with van der Waals surface area (Å²) in [6.45, 7) is 0.756. The molecular formula is C20H21F2N3O. The molecule has 1 fully saturated rings. The van der Waals surface area contributed by atoms with E-state index in [-0.39, 0.29) is 18.8 Å². The van der Waals surface area contributed by atoms with E-state index in [1.807, 2.05) is 30.6 Å². The molecule has 26 heavy (non-hydrogen) atoms. The Balaban J connectivity index is 1.58. The molecule has 6 heteroatoms. The highest BCUT2D eigenvalue weighted by atomic mass is 19.3. The van der Waals surface area contributed by atoms with Gasteiger partial charge in [-0.25, -0.2) is 13.8 Å². The van der Waals surface area contributed by atoms with E-state index in [1.54, 1.807) is 13.3 Å². The van der Waals surface area contributed by atoms with E-state index in [2.05, 4.69) is 20.6 Å². The molecule has 0 unspecified atom stereocenters. The lowest BCUT2D eigenvalue weighted by atomic mass is 9.87. The Morgan fingerprint density at radius 2 is 1.88 bits per heavy atom. The van der Waals surface area contributed by atoms with E-state index in [0.717, 1.165) is 28.7 Å². The summed E-state index contributed by atoms with van der Waals surface area (Å²) < 4.78 is 34.0. The second-order valence-corrected chi connectivity index (χ2v) is 6.99. The number of hydrogen-bond donors (Lipinski definition) is 0. The Bertz CT molecular complexity index is 895. The van der Waals surface area contributed by atoms with Crippen LogP contribution >= 0.6 is 0 Å². The molecular weight excluding hydrogens is 336 g/mol. The normalized spacial score (nSPS) is 17.5. The number of alkyl halides is 2. The summed E-state index contributed by atoms with van der Waals surface area (Å²) in [6.07, 6.45) is 6.73. The van der Waals surface area contributed by atoms with Gasteiger partial charge in [-0.15, -0.1) is 0 Å². The fourth-order valence-corrected chi connectivity index (χ4v) is 3.61. The molecule has 0 atom stereocenters. The van der Waals surface area contributed by atoms with Gasteiger partial charge in [-0.1, -0.05) is 0 Å². The summed E-state index contributed by atoms with van der Waals surface area (Å²) in [5.41, 5.74) is 3.88. The molecule has 136 valence electrons. The van der Waals surface area contributed by atoms with Crippen LogP contribution in [0.5, 0.6) is 5.88 Å². The summed E-state index contributed by atoms with van der Waals surface area (Å²) in [5.74, 6) is -1.62. The Morgan fingerprint density at radius 1 is 1.12 bits per heavy atom. The molecule has 0 bridgehead atoms. The number of hydrogen-bond acceptors (Lipinski definition) is 3.